The molecular formula is C10H9NO2. The minimum absolute atomic E-state index is 0.446. The van der Waals surface area contributed by atoms with Crippen LogP contribution in [0.5, 0.6) is 5.75 Å². The Labute approximate surface area is 76.6 Å². The molecule has 0 radical (unpaired) electrons. The van der Waals surface area contributed by atoms with E-state index in [-0.39, 0.29) is 0 Å². The fourth-order valence-electron chi connectivity index (χ4n) is 1.15. The molecule has 0 aromatic heterocycles. The van der Waals surface area contributed by atoms with Gasteiger partial charge in [0, 0.05) is 0 Å². The van der Waals surface area contributed by atoms with E-state index in [9.17, 15) is 4.79 Å². The molecule has 1 aromatic rings. The van der Waals surface area contributed by atoms with Crippen molar-refractivity contribution in [3.05, 3.63) is 28.8 Å². The molecule has 0 spiro atoms. The van der Waals surface area contributed by atoms with E-state index in [1.54, 1.807) is 19.1 Å². The van der Waals surface area contributed by atoms with Crippen molar-refractivity contribution < 1.29 is 9.53 Å². The first kappa shape index (κ1) is 9.27. The maximum absolute atomic E-state index is 10.7. The van der Waals surface area contributed by atoms with E-state index >= 15 is 0 Å². The highest BCUT2D eigenvalue weighted by Crippen LogP contribution is 2.22. The fourth-order valence-corrected chi connectivity index (χ4v) is 1.15. The number of nitriles is 1. The monoisotopic (exact) mass is 175 g/mol. The van der Waals surface area contributed by atoms with E-state index in [2.05, 4.69) is 0 Å². The summed E-state index contributed by atoms with van der Waals surface area (Å²) < 4.78 is 4.98. The van der Waals surface area contributed by atoms with Gasteiger partial charge in [0.1, 0.15) is 5.75 Å². The Morgan fingerprint density at radius 1 is 1.54 bits per heavy atom. The van der Waals surface area contributed by atoms with Crippen LogP contribution in [0.3, 0.4) is 0 Å². The minimum atomic E-state index is 0.446. The summed E-state index contributed by atoms with van der Waals surface area (Å²) in [5, 5.41) is 8.70. The van der Waals surface area contributed by atoms with Gasteiger partial charge in [-0.15, -0.1) is 0 Å². The number of hydrogen-bond donors (Lipinski definition) is 0. The molecular weight excluding hydrogens is 166 g/mol. The molecule has 0 N–H and O–H groups in total. The molecule has 66 valence electrons. The molecule has 0 bridgehead atoms. The van der Waals surface area contributed by atoms with Gasteiger partial charge in [-0.1, -0.05) is 0 Å². The van der Waals surface area contributed by atoms with Gasteiger partial charge in [-0.3, -0.25) is 4.79 Å². The van der Waals surface area contributed by atoms with Crippen molar-refractivity contribution in [1.82, 2.24) is 0 Å². The maximum Gasteiger partial charge on any atom is 0.154 e. The van der Waals surface area contributed by atoms with Crippen LogP contribution in [-0.4, -0.2) is 13.4 Å². The van der Waals surface area contributed by atoms with E-state index in [4.69, 9.17) is 10.00 Å². The van der Waals surface area contributed by atoms with E-state index in [1.165, 1.54) is 7.11 Å². The van der Waals surface area contributed by atoms with Crippen LogP contribution in [-0.2, 0) is 0 Å². The smallest absolute Gasteiger partial charge is 0.154 e. The third-order valence-electron chi connectivity index (χ3n) is 1.93. The summed E-state index contributed by atoms with van der Waals surface area (Å²) in [5.41, 5.74) is 1.61. The number of methoxy groups -OCH3 is 1. The topological polar surface area (TPSA) is 50.1 Å². The number of hydrogen-bond acceptors (Lipinski definition) is 3. The Morgan fingerprint density at radius 2 is 2.23 bits per heavy atom. The predicted octanol–water partition coefficient (Wildman–Crippen LogP) is 1.69. The molecule has 0 atom stereocenters. The van der Waals surface area contributed by atoms with Gasteiger partial charge in [0.15, 0.2) is 6.29 Å². The molecule has 13 heavy (non-hydrogen) atoms. The van der Waals surface area contributed by atoms with Crippen molar-refractivity contribution in [3.63, 3.8) is 0 Å². The van der Waals surface area contributed by atoms with Crippen molar-refractivity contribution in [1.29, 1.82) is 5.26 Å². The Hall–Kier alpha value is -1.82. The number of ether oxygens (including phenoxy) is 1. The van der Waals surface area contributed by atoms with Crippen molar-refractivity contribution in [2.45, 2.75) is 6.92 Å². The number of rotatable bonds is 2. The van der Waals surface area contributed by atoms with Crippen LogP contribution in [0.25, 0.3) is 0 Å². The molecule has 0 aliphatic carbocycles. The molecule has 0 saturated carbocycles. The predicted molar refractivity (Wildman–Crippen MR) is 47.8 cm³/mol. The fraction of sp³-hybridized carbons (Fsp3) is 0.200. The SMILES string of the molecule is COc1ccc(C#N)c(C)c1C=O. The lowest BCUT2D eigenvalue weighted by Gasteiger charge is -2.06. The zero-order valence-electron chi connectivity index (χ0n) is 7.50. The molecule has 3 nitrogen and oxygen atoms in total. The normalized spacial score (nSPS) is 9.00. The summed E-state index contributed by atoms with van der Waals surface area (Å²) in [6, 6.07) is 5.27. The van der Waals surface area contributed by atoms with Crippen molar-refractivity contribution >= 4 is 6.29 Å². The summed E-state index contributed by atoms with van der Waals surface area (Å²) in [4.78, 5) is 10.7. The van der Waals surface area contributed by atoms with Gasteiger partial charge in [0.05, 0.1) is 24.3 Å². The summed E-state index contributed by atoms with van der Waals surface area (Å²) in [6.07, 6.45) is 0.703. The van der Waals surface area contributed by atoms with Crippen molar-refractivity contribution in [2.24, 2.45) is 0 Å². The van der Waals surface area contributed by atoms with Crippen LogP contribution in [0.4, 0.5) is 0 Å². The Morgan fingerprint density at radius 3 is 2.69 bits per heavy atom. The molecule has 0 heterocycles. The van der Waals surface area contributed by atoms with E-state index in [0.717, 1.165) is 0 Å². The average molecular weight is 175 g/mol. The third-order valence-corrected chi connectivity index (χ3v) is 1.93. The highest BCUT2D eigenvalue weighted by molar-refractivity contribution is 5.82. The Kier molecular flexibility index (Phi) is 2.65. The average Bonchev–Trinajstić information content (AvgIpc) is 2.17. The molecule has 3 heteroatoms. The van der Waals surface area contributed by atoms with Crippen LogP contribution in [0.2, 0.25) is 0 Å². The Bertz CT molecular complexity index is 377. The largest absolute Gasteiger partial charge is 0.496 e. The second-order valence-corrected chi connectivity index (χ2v) is 2.58. The van der Waals surface area contributed by atoms with Crippen molar-refractivity contribution in [2.75, 3.05) is 7.11 Å². The maximum atomic E-state index is 10.7. The number of aldehydes is 1. The standard InChI is InChI=1S/C10H9NO2/c1-7-8(5-11)3-4-10(13-2)9(7)6-12/h3-4,6H,1-2H3. The molecule has 0 saturated heterocycles. The number of carbonyl (C=O) groups excluding carboxylic acids is 1. The second-order valence-electron chi connectivity index (χ2n) is 2.58. The van der Waals surface area contributed by atoms with E-state index in [1.807, 2.05) is 6.07 Å². The molecule has 0 amide bonds. The first-order valence-electron chi connectivity index (χ1n) is 3.77. The van der Waals surface area contributed by atoms with Crippen LogP contribution in [0, 0.1) is 18.3 Å². The van der Waals surface area contributed by atoms with Gasteiger partial charge >= 0.3 is 0 Å². The van der Waals surface area contributed by atoms with Crippen LogP contribution < -0.4 is 4.74 Å². The minimum Gasteiger partial charge on any atom is -0.496 e. The zero-order valence-corrected chi connectivity index (χ0v) is 7.50. The highest BCUT2D eigenvalue weighted by Gasteiger charge is 2.08. The van der Waals surface area contributed by atoms with Gasteiger partial charge in [-0.25, -0.2) is 0 Å². The molecule has 0 unspecified atom stereocenters. The summed E-state index contributed by atoms with van der Waals surface area (Å²) in [5.74, 6) is 0.506. The lowest BCUT2D eigenvalue weighted by molar-refractivity contribution is 0.112. The first-order chi connectivity index (χ1) is 6.24. The first-order valence-corrected chi connectivity index (χ1v) is 3.77. The molecule has 1 aromatic carbocycles. The number of carbonyl (C=O) groups is 1. The van der Waals surface area contributed by atoms with Gasteiger partial charge < -0.3 is 4.74 Å². The van der Waals surface area contributed by atoms with Crippen LogP contribution >= 0.6 is 0 Å². The molecule has 0 fully saturated rings. The lowest BCUT2D eigenvalue weighted by atomic mass is 10.0. The van der Waals surface area contributed by atoms with Gasteiger partial charge in [0.2, 0.25) is 0 Å². The van der Waals surface area contributed by atoms with Crippen LogP contribution in [0.1, 0.15) is 21.5 Å². The lowest BCUT2D eigenvalue weighted by Crippen LogP contribution is -1.96. The summed E-state index contributed by atoms with van der Waals surface area (Å²) in [7, 11) is 1.49. The van der Waals surface area contributed by atoms with Gasteiger partial charge in [0.25, 0.3) is 0 Å². The third kappa shape index (κ3) is 1.52. The Balaban J connectivity index is 3.42. The van der Waals surface area contributed by atoms with E-state index < -0.39 is 0 Å². The van der Waals surface area contributed by atoms with Crippen molar-refractivity contribution in [3.8, 4) is 11.8 Å². The molecule has 0 aliphatic heterocycles. The number of benzene rings is 1. The van der Waals surface area contributed by atoms with Gasteiger partial charge in [-0.05, 0) is 24.6 Å². The molecule has 1 rings (SSSR count). The second kappa shape index (κ2) is 3.72. The number of nitrogens with zero attached hydrogens (tertiary/aromatic N) is 1. The van der Waals surface area contributed by atoms with Crippen LogP contribution in [0.15, 0.2) is 12.1 Å². The van der Waals surface area contributed by atoms with Gasteiger partial charge in [-0.2, -0.15) is 5.26 Å². The van der Waals surface area contributed by atoms with E-state index in [0.29, 0.717) is 28.7 Å². The highest BCUT2D eigenvalue weighted by atomic mass is 16.5. The summed E-state index contributed by atoms with van der Waals surface area (Å²) in [6.45, 7) is 1.73. The quantitative estimate of drug-likeness (QED) is 0.642. The summed E-state index contributed by atoms with van der Waals surface area (Å²) >= 11 is 0. The zero-order chi connectivity index (χ0) is 9.84. The molecule has 0 aliphatic rings.